The van der Waals surface area contributed by atoms with Crippen LogP contribution in [0.1, 0.15) is 75.0 Å². The van der Waals surface area contributed by atoms with Gasteiger partial charge in [0.15, 0.2) is 0 Å². The molecule has 2 nitrogen and oxygen atoms in total. The zero-order chi connectivity index (χ0) is 13.9. The van der Waals surface area contributed by atoms with E-state index >= 15 is 0 Å². The number of rotatable bonds is 5. The Morgan fingerprint density at radius 1 is 1.20 bits per heavy atom. The summed E-state index contributed by atoms with van der Waals surface area (Å²) in [6, 6.07) is 9.35. The largest absolute Gasteiger partial charge is 0.271 e. The van der Waals surface area contributed by atoms with Crippen molar-refractivity contribution in [3.63, 3.8) is 0 Å². The smallest absolute Gasteiger partial charge is 0.0491 e. The van der Waals surface area contributed by atoms with Gasteiger partial charge in [0.2, 0.25) is 0 Å². The van der Waals surface area contributed by atoms with E-state index in [1.54, 1.807) is 5.56 Å². The highest BCUT2D eigenvalue weighted by Crippen LogP contribution is 2.44. The van der Waals surface area contributed by atoms with Crippen molar-refractivity contribution in [2.75, 3.05) is 0 Å². The van der Waals surface area contributed by atoms with Crippen molar-refractivity contribution in [3.8, 4) is 0 Å². The van der Waals surface area contributed by atoms with Gasteiger partial charge in [-0.25, -0.2) is 0 Å². The van der Waals surface area contributed by atoms with E-state index in [-0.39, 0.29) is 0 Å². The molecule has 0 radical (unpaired) electrons. The first-order valence-electron chi connectivity index (χ1n) is 8.38. The van der Waals surface area contributed by atoms with Gasteiger partial charge in [-0.15, -0.1) is 0 Å². The van der Waals surface area contributed by atoms with Crippen molar-refractivity contribution in [1.29, 1.82) is 0 Å². The van der Waals surface area contributed by atoms with Crippen LogP contribution in [0.2, 0.25) is 0 Å². The van der Waals surface area contributed by atoms with Crippen LogP contribution in [0, 0.1) is 11.8 Å². The Labute approximate surface area is 123 Å². The number of benzene rings is 1. The third-order valence-corrected chi connectivity index (χ3v) is 5.69. The fraction of sp³-hybridized carbons (Fsp3) is 0.667. The summed E-state index contributed by atoms with van der Waals surface area (Å²) >= 11 is 0. The fourth-order valence-corrected chi connectivity index (χ4v) is 4.15. The van der Waals surface area contributed by atoms with Crippen molar-refractivity contribution < 1.29 is 0 Å². The molecule has 2 heteroatoms. The summed E-state index contributed by atoms with van der Waals surface area (Å²) in [5.41, 5.74) is 6.18. The van der Waals surface area contributed by atoms with Crippen molar-refractivity contribution >= 4 is 0 Å². The normalized spacial score (nSPS) is 28.3. The average Bonchev–Trinajstić information content (AvgIpc) is 2.88. The molecule has 3 rings (SSSR count). The molecule has 0 amide bonds. The Hall–Kier alpha value is -0.860. The van der Waals surface area contributed by atoms with E-state index in [0.717, 1.165) is 11.8 Å². The van der Waals surface area contributed by atoms with Crippen LogP contribution in [0.4, 0.5) is 0 Å². The monoisotopic (exact) mass is 272 g/mol. The van der Waals surface area contributed by atoms with Gasteiger partial charge in [0, 0.05) is 6.04 Å². The second-order valence-electron chi connectivity index (χ2n) is 6.75. The number of hydrazine groups is 1. The molecule has 0 heterocycles. The fourth-order valence-electron chi connectivity index (χ4n) is 4.15. The summed E-state index contributed by atoms with van der Waals surface area (Å²) in [7, 11) is 0. The maximum atomic E-state index is 5.95. The molecule has 3 unspecified atom stereocenters. The lowest BCUT2D eigenvalue weighted by atomic mass is 9.75. The quantitative estimate of drug-likeness (QED) is 0.620. The van der Waals surface area contributed by atoms with Gasteiger partial charge in [0.1, 0.15) is 0 Å². The molecular weight excluding hydrogens is 244 g/mol. The zero-order valence-electron chi connectivity index (χ0n) is 12.6. The van der Waals surface area contributed by atoms with E-state index in [1.807, 2.05) is 0 Å². The second-order valence-corrected chi connectivity index (χ2v) is 6.75. The first-order valence-corrected chi connectivity index (χ1v) is 8.38. The van der Waals surface area contributed by atoms with E-state index in [9.17, 15) is 0 Å². The Morgan fingerprint density at radius 2 is 2.00 bits per heavy atom. The molecule has 0 aromatic heterocycles. The highest BCUT2D eigenvalue weighted by molar-refractivity contribution is 5.34. The summed E-state index contributed by atoms with van der Waals surface area (Å²) in [4.78, 5) is 0. The van der Waals surface area contributed by atoms with Gasteiger partial charge < -0.3 is 0 Å². The number of hydrogen-bond donors (Lipinski definition) is 2. The van der Waals surface area contributed by atoms with Crippen molar-refractivity contribution in [2.24, 2.45) is 17.7 Å². The van der Waals surface area contributed by atoms with E-state index < -0.39 is 0 Å². The Morgan fingerprint density at radius 3 is 2.60 bits per heavy atom. The molecule has 110 valence electrons. The molecule has 0 saturated heterocycles. The molecule has 3 atom stereocenters. The second kappa shape index (κ2) is 6.28. The minimum atomic E-state index is 0.350. The number of hydrogen-bond acceptors (Lipinski definition) is 2. The van der Waals surface area contributed by atoms with Gasteiger partial charge in [-0.05, 0) is 54.6 Å². The first-order chi connectivity index (χ1) is 9.83. The standard InChI is InChI=1S/C18H28N2/c1-2-13-10-11-15(12-13)18(20-19)17-9-4-3-8-16(17)14-6-5-7-14/h3-4,8-9,13-15,18,20H,2,5-7,10-12,19H2,1H3. The van der Waals surface area contributed by atoms with E-state index in [0.29, 0.717) is 12.0 Å². The average molecular weight is 272 g/mol. The topological polar surface area (TPSA) is 38.0 Å². The highest BCUT2D eigenvalue weighted by Gasteiger charge is 2.33. The van der Waals surface area contributed by atoms with Crippen LogP contribution >= 0.6 is 0 Å². The van der Waals surface area contributed by atoms with E-state index in [1.165, 1.54) is 50.5 Å². The molecule has 2 fully saturated rings. The van der Waals surface area contributed by atoms with Gasteiger partial charge in [0.05, 0.1) is 0 Å². The Balaban J connectivity index is 1.82. The molecular formula is C18H28N2. The van der Waals surface area contributed by atoms with Gasteiger partial charge in [-0.3, -0.25) is 11.3 Å². The third-order valence-electron chi connectivity index (χ3n) is 5.69. The van der Waals surface area contributed by atoms with E-state index in [4.69, 9.17) is 5.84 Å². The lowest BCUT2D eigenvalue weighted by Gasteiger charge is -2.32. The minimum Gasteiger partial charge on any atom is -0.271 e. The predicted molar refractivity (Wildman–Crippen MR) is 84.2 cm³/mol. The molecule has 2 saturated carbocycles. The summed E-state index contributed by atoms with van der Waals surface area (Å²) in [6.07, 6.45) is 9.47. The van der Waals surface area contributed by atoms with Crippen LogP contribution in [0.3, 0.4) is 0 Å². The first kappa shape index (κ1) is 14.1. The predicted octanol–water partition coefficient (Wildman–Crippen LogP) is 4.28. The van der Waals surface area contributed by atoms with Gasteiger partial charge in [-0.1, -0.05) is 50.5 Å². The molecule has 2 aliphatic rings. The van der Waals surface area contributed by atoms with Crippen molar-refractivity contribution in [3.05, 3.63) is 35.4 Å². The van der Waals surface area contributed by atoms with Crippen LogP contribution in [-0.4, -0.2) is 0 Å². The van der Waals surface area contributed by atoms with Crippen LogP contribution in [-0.2, 0) is 0 Å². The molecule has 0 spiro atoms. The number of nitrogens with one attached hydrogen (secondary N) is 1. The van der Waals surface area contributed by atoms with Crippen LogP contribution < -0.4 is 11.3 Å². The van der Waals surface area contributed by atoms with Crippen LogP contribution in [0.25, 0.3) is 0 Å². The molecule has 3 N–H and O–H groups in total. The summed E-state index contributed by atoms with van der Waals surface area (Å²) in [5, 5.41) is 0. The third kappa shape index (κ3) is 2.64. The molecule has 2 aliphatic carbocycles. The maximum Gasteiger partial charge on any atom is 0.0491 e. The molecule has 20 heavy (non-hydrogen) atoms. The molecule has 0 aliphatic heterocycles. The van der Waals surface area contributed by atoms with Crippen LogP contribution in [0.15, 0.2) is 24.3 Å². The molecule has 1 aromatic carbocycles. The lowest BCUT2D eigenvalue weighted by Crippen LogP contribution is -2.34. The minimum absolute atomic E-state index is 0.350. The maximum absolute atomic E-state index is 5.95. The highest BCUT2D eigenvalue weighted by atomic mass is 15.2. The zero-order valence-corrected chi connectivity index (χ0v) is 12.6. The van der Waals surface area contributed by atoms with Gasteiger partial charge in [0.25, 0.3) is 0 Å². The van der Waals surface area contributed by atoms with Crippen molar-refractivity contribution in [2.45, 2.75) is 63.8 Å². The Bertz CT molecular complexity index is 439. The SMILES string of the molecule is CCC1CCC(C(NN)c2ccccc2C2CCC2)C1. The summed E-state index contributed by atoms with van der Waals surface area (Å²) < 4.78 is 0. The number of nitrogens with two attached hydrogens (primary N) is 1. The molecule has 1 aromatic rings. The van der Waals surface area contributed by atoms with Crippen LogP contribution in [0.5, 0.6) is 0 Å². The summed E-state index contributed by atoms with van der Waals surface area (Å²) in [5.74, 6) is 8.36. The van der Waals surface area contributed by atoms with Gasteiger partial charge >= 0.3 is 0 Å². The Kier molecular flexibility index (Phi) is 4.42. The van der Waals surface area contributed by atoms with Gasteiger partial charge in [-0.2, -0.15) is 0 Å². The molecule has 0 bridgehead atoms. The van der Waals surface area contributed by atoms with Crippen molar-refractivity contribution in [1.82, 2.24) is 5.43 Å². The lowest BCUT2D eigenvalue weighted by molar-refractivity contribution is 0.347. The van der Waals surface area contributed by atoms with E-state index in [2.05, 4.69) is 36.6 Å². The summed E-state index contributed by atoms with van der Waals surface area (Å²) in [6.45, 7) is 2.32.